The number of carbonyl (C=O) groups is 1. The van der Waals surface area contributed by atoms with Crippen molar-refractivity contribution in [2.24, 2.45) is 11.7 Å². The normalized spacial score (nSPS) is 26.9. The van der Waals surface area contributed by atoms with Crippen molar-refractivity contribution in [1.29, 1.82) is 0 Å². The number of hydrogen-bond donors (Lipinski definition) is 2. The molecule has 4 rings (SSSR count). The van der Waals surface area contributed by atoms with Gasteiger partial charge in [-0.15, -0.1) is 24.8 Å². The van der Waals surface area contributed by atoms with Gasteiger partial charge in [0.1, 0.15) is 0 Å². The molecule has 0 aromatic heterocycles. The molecule has 3 N–H and O–H groups in total. The molecule has 0 unspecified atom stereocenters. The first-order valence-corrected chi connectivity index (χ1v) is 11.6. The molecule has 1 aromatic rings. The van der Waals surface area contributed by atoms with E-state index < -0.39 is 0 Å². The fourth-order valence-electron chi connectivity index (χ4n) is 5.63. The summed E-state index contributed by atoms with van der Waals surface area (Å²) in [5.41, 5.74) is 7.85. The molecular formula is C24H39Cl2N3O2. The van der Waals surface area contributed by atoms with E-state index in [1.165, 1.54) is 31.2 Å². The van der Waals surface area contributed by atoms with Crippen LogP contribution in [0.1, 0.15) is 56.9 Å². The van der Waals surface area contributed by atoms with Crippen LogP contribution >= 0.6 is 24.8 Å². The van der Waals surface area contributed by atoms with E-state index in [1.54, 1.807) is 0 Å². The summed E-state index contributed by atoms with van der Waals surface area (Å²) in [7, 11) is 0. The third-order valence-electron chi connectivity index (χ3n) is 7.44. The van der Waals surface area contributed by atoms with Crippen LogP contribution in [-0.2, 0) is 14.9 Å². The van der Waals surface area contributed by atoms with Gasteiger partial charge in [0.2, 0.25) is 5.91 Å². The van der Waals surface area contributed by atoms with Crippen molar-refractivity contribution < 1.29 is 9.53 Å². The predicted molar refractivity (Wildman–Crippen MR) is 130 cm³/mol. The van der Waals surface area contributed by atoms with Gasteiger partial charge in [-0.2, -0.15) is 0 Å². The second-order valence-corrected chi connectivity index (χ2v) is 9.40. The number of nitrogens with one attached hydrogen (secondary N) is 1. The molecule has 2 saturated heterocycles. The Bertz CT molecular complexity index is 664. The van der Waals surface area contributed by atoms with E-state index in [0.717, 1.165) is 58.5 Å². The molecule has 0 bridgehead atoms. The number of halogens is 2. The SMILES string of the molecule is Cl.Cl.N[C@H]1CC[C@@H](C(=O)NCC2(c3ccccc3)CCCC2)CN(C2CCOCC2)C1. The first-order chi connectivity index (χ1) is 14.2. The van der Waals surface area contributed by atoms with Crippen molar-refractivity contribution >= 4 is 30.7 Å². The summed E-state index contributed by atoms with van der Waals surface area (Å²) in [5, 5.41) is 3.37. The first-order valence-electron chi connectivity index (χ1n) is 11.6. The van der Waals surface area contributed by atoms with Crippen LogP contribution in [0, 0.1) is 5.92 Å². The zero-order valence-corrected chi connectivity index (χ0v) is 20.1. The Balaban J connectivity index is 0.00000171. The van der Waals surface area contributed by atoms with Crippen LogP contribution in [-0.4, -0.2) is 55.7 Å². The third-order valence-corrected chi connectivity index (χ3v) is 7.44. The van der Waals surface area contributed by atoms with Crippen molar-refractivity contribution in [2.75, 3.05) is 32.8 Å². The quantitative estimate of drug-likeness (QED) is 0.686. The van der Waals surface area contributed by atoms with E-state index in [1.807, 2.05) is 0 Å². The number of nitrogens with zero attached hydrogens (tertiary/aromatic N) is 1. The first kappa shape index (κ1) is 26.4. The minimum Gasteiger partial charge on any atom is -0.381 e. The van der Waals surface area contributed by atoms with Gasteiger partial charge in [-0.25, -0.2) is 0 Å². The summed E-state index contributed by atoms with van der Waals surface area (Å²) in [6.07, 6.45) is 8.77. The Hall–Kier alpha value is -0.850. The standard InChI is InChI=1S/C24H37N3O2.2ClH/c25-21-9-8-19(16-27(17-21)22-10-14-29-15-11-22)23(28)26-18-24(12-4-5-13-24)20-6-2-1-3-7-20;;/h1-3,6-7,19,21-22H,4-5,8-18,25H2,(H,26,28);2*1H/t19-,21+;;/m1../s1. The van der Waals surface area contributed by atoms with Crippen LogP contribution in [0.2, 0.25) is 0 Å². The number of amides is 1. The average molecular weight is 473 g/mol. The van der Waals surface area contributed by atoms with Crippen molar-refractivity contribution in [2.45, 2.75) is 68.9 Å². The number of likely N-dealkylation sites (tertiary alicyclic amines) is 1. The van der Waals surface area contributed by atoms with Gasteiger partial charge < -0.3 is 15.8 Å². The van der Waals surface area contributed by atoms with Crippen molar-refractivity contribution in [1.82, 2.24) is 10.2 Å². The summed E-state index contributed by atoms with van der Waals surface area (Å²) in [6.45, 7) is 4.15. The predicted octanol–water partition coefficient (Wildman–Crippen LogP) is 3.68. The molecule has 0 spiro atoms. The Morgan fingerprint density at radius 1 is 1.03 bits per heavy atom. The second-order valence-electron chi connectivity index (χ2n) is 9.40. The highest BCUT2D eigenvalue weighted by Gasteiger charge is 2.37. The molecule has 5 nitrogen and oxygen atoms in total. The molecule has 176 valence electrons. The van der Waals surface area contributed by atoms with Crippen LogP contribution in [0.15, 0.2) is 30.3 Å². The van der Waals surface area contributed by atoms with Crippen LogP contribution < -0.4 is 11.1 Å². The van der Waals surface area contributed by atoms with Gasteiger partial charge in [0.15, 0.2) is 0 Å². The monoisotopic (exact) mass is 471 g/mol. The topological polar surface area (TPSA) is 67.6 Å². The number of carbonyl (C=O) groups excluding carboxylic acids is 1. The summed E-state index contributed by atoms with van der Waals surface area (Å²) in [4.78, 5) is 15.7. The molecule has 1 saturated carbocycles. The Morgan fingerprint density at radius 2 is 1.71 bits per heavy atom. The number of nitrogens with two attached hydrogens (primary N) is 1. The van der Waals surface area contributed by atoms with Crippen LogP contribution in [0.25, 0.3) is 0 Å². The number of rotatable bonds is 5. The number of ether oxygens (including phenoxy) is 1. The largest absolute Gasteiger partial charge is 0.381 e. The van der Waals surface area contributed by atoms with Gasteiger partial charge >= 0.3 is 0 Å². The van der Waals surface area contributed by atoms with Crippen LogP contribution in [0.4, 0.5) is 0 Å². The molecule has 2 heterocycles. The summed E-state index contributed by atoms with van der Waals surface area (Å²) < 4.78 is 5.53. The molecule has 3 fully saturated rings. The lowest BCUT2D eigenvalue weighted by Gasteiger charge is -2.36. The highest BCUT2D eigenvalue weighted by atomic mass is 35.5. The number of benzene rings is 1. The van der Waals surface area contributed by atoms with E-state index in [0.29, 0.717) is 6.04 Å². The van der Waals surface area contributed by atoms with Gasteiger partial charge in [0.25, 0.3) is 0 Å². The van der Waals surface area contributed by atoms with Crippen LogP contribution in [0.5, 0.6) is 0 Å². The van der Waals surface area contributed by atoms with Gasteiger partial charge in [0.05, 0.1) is 5.92 Å². The average Bonchev–Trinajstić information content (AvgIpc) is 3.17. The highest BCUT2D eigenvalue weighted by molar-refractivity contribution is 5.85. The Morgan fingerprint density at radius 3 is 2.39 bits per heavy atom. The van der Waals surface area contributed by atoms with Crippen molar-refractivity contribution in [3.63, 3.8) is 0 Å². The van der Waals surface area contributed by atoms with Crippen molar-refractivity contribution in [3.05, 3.63) is 35.9 Å². The summed E-state index contributed by atoms with van der Waals surface area (Å²) in [6, 6.07) is 11.5. The van der Waals surface area contributed by atoms with E-state index in [4.69, 9.17) is 10.5 Å². The minimum absolute atomic E-state index is 0. The van der Waals surface area contributed by atoms with Crippen molar-refractivity contribution in [3.8, 4) is 0 Å². The van der Waals surface area contributed by atoms with Gasteiger partial charge in [-0.3, -0.25) is 9.69 Å². The molecule has 3 aliphatic rings. The smallest absolute Gasteiger partial charge is 0.224 e. The summed E-state index contributed by atoms with van der Waals surface area (Å²) >= 11 is 0. The van der Waals surface area contributed by atoms with Gasteiger partial charge in [-0.05, 0) is 44.1 Å². The van der Waals surface area contributed by atoms with E-state index in [-0.39, 0.29) is 48.1 Å². The zero-order chi connectivity index (χ0) is 20.1. The maximum absolute atomic E-state index is 13.2. The minimum atomic E-state index is 0. The summed E-state index contributed by atoms with van der Waals surface area (Å²) in [5.74, 6) is 0.263. The Labute approximate surface area is 199 Å². The molecule has 1 aliphatic carbocycles. The maximum atomic E-state index is 13.2. The molecule has 2 atom stereocenters. The van der Waals surface area contributed by atoms with Crippen LogP contribution in [0.3, 0.4) is 0 Å². The fraction of sp³-hybridized carbons (Fsp3) is 0.708. The molecule has 0 radical (unpaired) electrons. The van der Waals surface area contributed by atoms with Gasteiger partial charge in [0, 0.05) is 50.3 Å². The maximum Gasteiger partial charge on any atom is 0.224 e. The molecule has 7 heteroatoms. The second kappa shape index (κ2) is 12.4. The molecule has 1 aromatic carbocycles. The fourth-order valence-corrected chi connectivity index (χ4v) is 5.63. The highest BCUT2D eigenvalue weighted by Crippen LogP contribution is 2.40. The molecule has 2 aliphatic heterocycles. The van der Waals surface area contributed by atoms with E-state index in [9.17, 15) is 4.79 Å². The third kappa shape index (κ3) is 6.58. The molecule has 1 amide bonds. The van der Waals surface area contributed by atoms with E-state index in [2.05, 4.69) is 40.5 Å². The molecular weight excluding hydrogens is 433 g/mol. The zero-order valence-electron chi connectivity index (χ0n) is 18.5. The number of hydrogen-bond acceptors (Lipinski definition) is 4. The Kier molecular flexibility index (Phi) is 10.6. The van der Waals surface area contributed by atoms with Gasteiger partial charge in [-0.1, -0.05) is 43.2 Å². The lowest BCUT2D eigenvalue weighted by molar-refractivity contribution is -0.126. The lowest BCUT2D eigenvalue weighted by Crippen LogP contribution is -2.48. The van der Waals surface area contributed by atoms with E-state index >= 15 is 0 Å². The molecule has 31 heavy (non-hydrogen) atoms. The lowest BCUT2D eigenvalue weighted by atomic mass is 9.78.